The summed E-state index contributed by atoms with van der Waals surface area (Å²) >= 11 is 0. The van der Waals surface area contributed by atoms with Crippen LogP contribution in [0.5, 0.6) is 0 Å². The number of benzene rings is 2. The van der Waals surface area contributed by atoms with Crippen LogP contribution in [0.15, 0.2) is 53.4 Å². The molecular weight excluding hydrogens is 508 g/mol. The van der Waals surface area contributed by atoms with E-state index in [0.717, 1.165) is 30.8 Å². The van der Waals surface area contributed by atoms with Crippen molar-refractivity contribution in [3.05, 3.63) is 54.1 Å². The molecule has 1 aliphatic heterocycles. The molecule has 0 amide bonds. The summed E-state index contributed by atoms with van der Waals surface area (Å²) in [6.07, 6.45) is 19.8. The molecule has 7 heteroatoms. The molecule has 3 rings (SSSR count). The van der Waals surface area contributed by atoms with Gasteiger partial charge in [-0.3, -0.25) is 0 Å². The monoisotopic (exact) mass is 552 g/mol. The first kappa shape index (κ1) is 32.8. The molecule has 0 aromatic heterocycles. The number of hydrogen-bond donors (Lipinski definition) is 1. The molecule has 0 radical (unpaired) electrons. The average Bonchev–Trinajstić information content (AvgIpc) is 3.20. The first-order valence-electron chi connectivity index (χ1n) is 14.2. The maximum absolute atomic E-state index is 11.5. The van der Waals surface area contributed by atoms with Crippen molar-refractivity contribution in [2.75, 3.05) is 10.2 Å². The third-order valence-electron chi connectivity index (χ3n) is 7.29. The van der Waals surface area contributed by atoms with Gasteiger partial charge in [0, 0.05) is 6.54 Å². The third-order valence-corrected chi connectivity index (χ3v) is 8.12. The quantitative estimate of drug-likeness (QED) is 0.156. The minimum absolute atomic E-state index is 0. The Balaban J connectivity index is 0.00000481. The van der Waals surface area contributed by atoms with Crippen LogP contribution in [0.1, 0.15) is 109 Å². The topological polar surface area (TPSA) is 72.5 Å². The number of hydrogen-bond acceptors (Lipinski definition) is 5. The van der Waals surface area contributed by atoms with Crippen LogP contribution in [0.25, 0.3) is 0 Å². The van der Waals surface area contributed by atoms with Gasteiger partial charge in [0.15, 0.2) is 0 Å². The van der Waals surface area contributed by atoms with Crippen molar-refractivity contribution in [2.45, 2.75) is 121 Å². The first-order chi connectivity index (χ1) is 17.5. The van der Waals surface area contributed by atoms with Crippen LogP contribution in [-0.4, -0.2) is 19.1 Å². The molecule has 0 spiro atoms. The minimum Gasteiger partial charge on any atom is -0.744 e. The normalized spacial score (nSPS) is 14.8. The van der Waals surface area contributed by atoms with Gasteiger partial charge in [-0.2, -0.15) is 0 Å². The average molecular weight is 553 g/mol. The summed E-state index contributed by atoms with van der Waals surface area (Å²) in [4.78, 5) is 2.12. The Morgan fingerprint density at radius 1 is 0.784 bits per heavy atom. The molecule has 1 aliphatic rings. The fourth-order valence-electron chi connectivity index (χ4n) is 5.20. The molecule has 2 aromatic rings. The molecule has 0 fully saturated rings. The van der Waals surface area contributed by atoms with Gasteiger partial charge < -0.3 is 14.8 Å². The van der Waals surface area contributed by atoms with Gasteiger partial charge in [-0.15, -0.1) is 0 Å². The summed E-state index contributed by atoms with van der Waals surface area (Å²) < 4.78 is 34.5. The number of fused-ring (bicyclic) bond motifs is 1. The van der Waals surface area contributed by atoms with Crippen molar-refractivity contribution < 1.29 is 64.4 Å². The van der Waals surface area contributed by atoms with Crippen LogP contribution >= 0.6 is 0 Å². The van der Waals surface area contributed by atoms with Gasteiger partial charge >= 0.3 is 51.4 Å². The number of unbranched alkanes of at least 4 members (excludes halogenated alkanes) is 13. The fraction of sp³-hybridized carbons (Fsp3) is 0.600. The van der Waals surface area contributed by atoms with E-state index in [0.29, 0.717) is 0 Å². The van der Waals surface area contributed by atoms with E-state index in [1.807, 2.05) is 18.2 Å². The van der Waals surface area contributed by atoms with E-state index in [4.69, 9.17) is 0 Å². The Labute approximate surface area is 268 Å². The van der Waals surface area contributed by atoms with Crippen LogP contribution in [0, 0.1) is 0 Å². The smallest absolute Gasteiger partial charge is 0.744 e. The van der Waals surface area contributed by atoms with Crippen LogP contribution in [0.2, 0.25) is 0 Å². The van der Waals surface area contributed by atoms with E-state index in [1.165, 1.54) is 101 Å². The van der Waals surface area contributed by atoms with E-state index in [1.54, 1.807) is 6.07 Å². The SMILES string of the molecule is CCCCCCCCCCCCCCCCC1Nc2cc(S(=O)(=O)[O-])ccc2N1Cc1ccccc1.[K+]. The molecule has 37 heavy (non-hydrogen) atoms. The van der Waals surface area contributed by atoms with Gasteiger partial charge in [-0.25, -0.2) is 8.42 Å². The molecule has 1 N–H and O–H groups in total. The maximum Gasteiger partial charge on any atom is 1.00 e. The number of rotatable bonds is 18. The molecule has 5 nitrogen and oxygen atoms in total. The molecule has 0 saturated carbocycles. The van der Waals surface area contributed by atoms with Gasteiger partial charge in [0.2, 0.25) is 0 Å². The zero-order valence-corrected chi connectivity index (χ0v) is 27.0. The molecule has 1 unspecified atom stereocenters. The summed E-state index contributed by atoms with van der Waals surface area (Å²) in [5, 5.41) is 3.49. The van der Waals surface area contributed by atoms with E-state index in [9.17, 15) is 13.0 Å². The Morgan fingerprint density at radius 3 is 1.86 bits per heavy atom. The molecule has 200 valence electrons. The van der Waals surface area contributed by atoms with Gasteiger partial charge in [-0.1, -0.05) is 121 Å². The second-order valence-corrected chi connectivity index (χ2v) is 11.7. The van der Waals surface area contributed by atoms with Gasteiger partial charge in [0.05, 0.1) is 22.4 Å². The van der Waals surface area contributed by atoms with E-state index < -0.39 is 10.1 Å². The predicted octanol–water partition coefficient (Wildman–Crippen LogP) is 5.22. The Hall–Kier alpha value is -0.414. The number of nitrogens with one attached hydrogen (secondary N) is 1. The molecule has 1 atom stereocenters. The van der Waals surface area contributed by atoms with Crippen molar-refractivity contribution in [1.82, 2.24) is 0 Å². The standard InChI is InChI=1S/C30H46N2O3S.K/c1-2-3-4-5-6-7-8-9-10-11-12-13-14-18-21-30-31-28-24-27(36(33,34)35)22-23-29(28)32(30)25-26-19-16-15-17-20-26;/h15-17,19-20,22-24,30-31H,2-14,18,21,25H2,1H3,(H,33,34,35);/q;+1/p-1. The Morgan fingerprint density at radius 2 is 1.32 bits per heavy atom. The molecule has 0 saturated heterocycles. The number of nitrogens with zero attached hydrogens (tertiary/aromatic N) is 1. The molecule has 2 aromatic carbocycles. The van der Waals surface area contributed by atoms with E-state index in [2.05, 4.69) is 29.3 Å². The summed E-state index contributed by atoms with van der Waals surface area (Å²) in [7, 11) is -4.47. The number of anilines is 2. The minimum atomic E-state index is -4.47. The predicted molar refractivity (Wildman–Crippen MR) is 149 cm³/mol. The van der Waals surface area contributed by atoms with Crippen molar-refractivity contribution in [2.24, 2.45) is 0 Å². The molecule has 1 heterocycles. The summed E-state index contributed by atoms with van der Waals surface area (Å²) in [5.41, 5.74) is 2.90. The van der Waals surface area contributed by atoms with Crippen LogP contribution in [0.3, 0.4) is 0 Å². The van der Waals surface area contributed by atoms with Gasteiger partial charge in [0.25, 0.3) is 0 Å². The fourth-order valence-corrected chi connectivity index (χ4v) is 5.69. The first-order valence-corrected chi connectivity index (χ1v) is 15.6. The van der Waals surface area contributed by atoms with Crippen LogP contribution in [0.4, 0.5) is 11.4 Å². The largest absolute Gasteiger partial charge is 1.00 e. The summed E-state index contributed by atoms with van der Waals surface area (Å²) in [6.45, 7) is 3.02. The van der Waals surface area contributed by atoms with E-state index >= 15 is 0 Å². The van der Waals surface area contributed by atoms with Gasteiger partial charge in [0.1, 0.15) is 10.1 Å². The molecular formula is C30H45KN2O3S. The Bertz CT molecular complexity index is 1000. The summed E-state index contributed by atoms with van der Waals surface area (Å²) in [6, 6.07) is 15.0. The molecule has 0 aliphatic carbocycles. The zero-order valence-electron chi connectivity index (χ0n) is 23.1. The van der Waals surface area contributed by atoms with Crippen molar-refractivity contribution in [3.8, 4) is 0 Å². The summed E-state index contributed by atoms with van der Waals surface area (Å²) in [5.74, 6) is 0. The second-order valence-electron chi connectivity index (χ2n) is 10.3. The Kier molecular flexibility index (Phi) is 16.0. The van der Waals surface area contributed by atoms with Crippen LogP contribution < -0.4 is 61.6 Å². The van der Waals surface area contributed by atoms with Crippen molar-refractivity contribution in [1.29, 1.82) is 0 Å². The second kappa shape index (κ2) is 18.0. The van der Waals surface area contributed by atoms with Crippen molar-refractivity contribution >= 4 is 21.5 Å². The van der Waals surface area contributed by atoms with Crippen LogP contribution in [-0.2, 0) is 16.7 Å². The molecule has 0 bridgehead atoms. The van der Waals surface area contributed by atoms with Crippen molar-refractivity contribution in [3.63, 3.8) is 0 Å². The maximum atomic E-state index is 11.5. The zero-order chi connectivity index (χ0) is 25.6. The third kappa shape index (κ3) is 11.7. The van der Waals surface area contributed by atoms with E-state index in [-0.39, 0.29) is 62.4 Å². The van der Waals surface area contributed by atoms with Gasteiger partial charge in [-0.05, 0) is 36.6 Å².